The molecule has 0 amide bonds. The van der Waals surface area contributed by atoms with Crippen LogP contribution in [0.5, 0.6) is 0 Å². The first-order valence-electron chi connectivity index (χ1n) is 3.53. The van der Waals surface area contributed by atoms with E-state index in [-0.39, 0.29) is 0 Å². The van der Waals surface area contributed by atoms with Crippen molar-refractivity contribution in [2.45, 2.75) is 13.0 Å². The summed E-state index contributed by atoms with van der Waals surface area (Å²) < 4.78 is 5.26. The molecule has 0 saturated heterocycles. The van der Waals surface area contributed by atoms with E-state index in [0.29, 0.717) is 0 Å². The third-order valence-corrected chi connectivity index (χ3v) is 1.80. The van der Waals surface area contributed by atoms with Gasteiger partial charge in [-0.15, -0.1) is 0 Å². The first-order chi connectivity index (χ1) is 4.97. The summed E-state index contributed by atoms with van der Waals surface area (Å²) in [5.41, 5.74) is 2.63. The summed E-state index contributed by atoms with van der Waals surface area (Å²) in [6, 6.07) is 9.28. The van der Waals surface area contributed by atoms with E-state index in [1.54, 1.807) is 0 Å². The Labute approximate surface area is 60.6 Å². The van der Waals surface area contributed by atoms with Gasteiger partial charge in [0.25, 0.3) is 0 Å². The molecule has 1 aromatic carbocycles. The van der Waals surface area contributed by atoms with Crippen LogP contribution in [0, 0.1) is 6.07 Å². The van der Waals surface area contributed by atoms with Crippen LogP contribution in [0.1, 0.15) is 11.1 Å². The molecule has 0 unspecified atom stereocenters. The molecule has 0 saturated carbocycles. The normalized spacial score (nSPS) is 16.4. The summed E-state index contributed by atoms with van der Waals surface area (Å²) in [7, 11) is 0. The summed E-state index contributed by atoms with van der Waals surface area (Å²) in [4.78, 5) is 0. The zero-order valence-electron chi connectivity index (χ0n) is 5.76. The molecule has 1 heterocycles. The van der Waals surface area contributed by atoms with E-state index >= 15 is 0 Å². The molecule has 1 heteroatoms. The van der Waals surface area contributed by atoms with Gasteiger partial charge < -0.3 is 4.74 Å². The Balaban J connectivity index is 2.41. The highest BCUT2D eigenvalue weighted by Crippen LogP contribution is 2.14. The number of benzene rings is 1. The molecule has 0 atom stereocenters. The van der Waals surface area contributed by atoms with Crippen LogP contribution in [0.2, 0.25) is 0 Å². The van der Waals surface area contributed by atoms with Gasteiger partial charge in [-0.05, 0) is 23.6 Å². The quantitative estimate of drug-likeness (QED) is 0.522. The molecule has 10 heavy (non-hydrogen) atoms. The largest absolute Gasteiger partial charge is 0.376 e. The van der Waals surface area contributed by atoms with E-state index in [1.807, 2.05) is 12.1 Å². The van der Waals surface area contributed by atoms with Gasteiger partial charge in [-0.2, -0.15) is 0 Å². The lowest BCUT2D eigenvalue weighted by atomic mass is 10.0. The van der Waals surface area contributed by atoms with Crippen LogP contribution in [0.15, 0.2) is 18.2 Å². The van der Waals surface area contributed by atoms with Gasteiger partial charge in [0.05, 0.1) is 13.2 Å². The second kappa shape index (κ2) is 2.43. The zero-order valence-corrected chi connectivity index (χ0v) is 5.76. The Morgan fingerprint density at radius 2 is 2.50 bits per heavy atom. The molecule has 0 aromatic heterocycles. The fourth-order valence-corrected chi connectivity index (χ4v) is 1.23. The van der Waals surface area contributed by atoms with Gasteiger partial charge in [0.15, 0.2) is 0 Å². The summed E-state index contributed by atoms with van der Waals surface area (Å²) in [6.07, 6.45) is 1.05. The highest BCUT2D eigenvalue weighted by Gasteiger charge is 2.06. The first-order valence-corrected chi connectivity index (χ1v) is 3.53. The van der Waals surface area contributed by atoms with E-state index in [1.165, 1.54) is 11.1 Å². The van der Waals surface area contributed by atoms with Gasteiger partial charge in [-0.1, -0.05) is 18.2 Å². The highest BCUT2D eigenvalue weighted by molar-refractivity contribution is 5.26. The molecule has 1 aromatic rings. The second-order valence-corrected chi connectivity index (χ2v) is 2.48. The maximum Gasteiger partial charge on any atom is 0.0725 e. The monoisotopic (exact) mass is 133 g/mol. The lowest BCUT2D eigenvalue weighted by Gasteiger charge is -2.14. The molecule has 1 nitrogen and oxygen atoms in total. The van der Waals surface area contributed by atoms with Gasteiger partial charge in [-0.25, -0.2) is 0 Å². The van der Waals surface area contributed by atoms with Crippen LogP contribution in [-0.4, -0.2) is 6.61 Å². The Morgan fingerprint density at radius 1 is 1.50 bits per heavy atom. The maximum absolute atomic E-state index is 5.26. The fourth-order valence-electron chi connectivity index (χ4n) is 1.23. The van der Waals surface area contributed by atoms with Crippen molar-refractivity contribution in [3.05, 3.63) is 35.4 Å². The van der Waals surface area contributed by atoms with Crippen LogP contribution in [0.25, 0.3) is 0 Å². The number of fused-ring (bicyclic) bond motifs is 1. The molecule has 0 aliphatic carbocycles. The van der Waals surface area contributed by atoms with Gasteiger partial charge in [0.2, 0.25) is 0 Å². The first kappa shape index (κ1) is 5.93. The van der Waals surface area contributed by atoms with E-state index in [2.05, 4.69) is 12.1 Å². The summed E-state index contributed by atoms with van der Waals surface area (Å²) >= 11 is 0. The van der Waals surface area contributed by atoms with Crippen molar-refractivity contribution in [3.8, 4) is 0 Å². The molecule has 0 spiro atoms. The molecule has 51 valence electrons. The smallest absolute Gasteiger partial charge is 0.0725 e. The van der Waals surface area contributed by atoms with Crippen molar-refractivity contribution in [2.75, 3.05) is 6.61 Å². The van der Waals surface area contributed by atoms with Gasteiger partial charge in [0.1, 0.15) is 0 Å². The minimum atomic E-state index is 0.746. The highest BCUT2D eigenvalue weighted by atomic mass is 16.5. The molecule has 1 radical (unpaired) electrons. The number of hydrogen-bond donors (Lipinski definition) is 0. The Morgan fingerprint density at radius 3 is 3.40 bits per heavy atom. The van der Waals surface area contributed by atoms with Crippen molar-refractivity contribution in [1.29, 1.82) is 0 Å². The predicted molar refractivity (Wildman–Crippen MR) is 38.6 cm³/mol. The Hall–Kier alpha value is -0.820. The van der Waals surface area contributed by atoms with Gasteiger partial charge in [0, 0.05) is 0 Å². The second-order valence-electron chi connectivity index (χ2n) is 2.48. The van der Waals surface area contributed by atoms with E-state index < -0.39 is 0 Å². The lowest BCUT2D eigenvalue weighted by Crippen LogP contribution is -2.08. The van der Waals surface area contributed by atoms with Crippen molar-refractivity contribution in [1.82, 2.24) is 0 Å². The molecule has 0 bridgehead atoms. The van der Waals surface area contributed by atoms with Gasteiger partial charge >= 0.3 is 0 Å². The van der Waals surface area contributed by atoms with Gasteiger partial charge in [-0.3, -0.25) is 0 Å². The van der Waals surface area contributed by atoms with E-state index in [9.17, 15) is 0 Å². The molecular weight excluding hydrogens is 124 g/mol. The fraction of sp³-hybridized carbons (Fsp3) is 0.333. The molecule has 1 aliphatic rings. The molecule has 2 rings (SSSR count). The maximum atomic E-state index is 5.26. The van der Waals surface area contributed by atoms with Crippen LogP contribution in [0.3, 0.4) is 0 Å². The van der Waals surface area contributed by atoms with Crippen LogP contribution >= 0.6 is 0 Å². The zero-order chi connectivity index (χ0) is 6.81. The lowest BCUT2D eigenvalue weighted by molar-refractivity contribution is 0.110. The summed E-state index contributed by atoms with van der Waals surface area (Å²) in [5.74, 6) is 0. The Bertz CT molecular complexity index is 205. The number of hydrogen-bond acceptors (Lipinski definition) is 1. The summed E-state index contributed by atoms with van der Waals surface area (Å²) in [6.45, 7) is 1.61. The average Bonchev–Trinajstić information content (AvgIpc) is 2.05. The number of ether oxygens (including phenoxy) is 1. The molecule has 0 N–H and O–H groups in total. The van der Waals surface area contributed by atoms with Crippen molar-refractivity contribution in [2.24, 2.45) is 0 Å². The average molecular weight is 133 g/mol. The van der Waals surface area contributed by atoms with E-state index in [0.717, 1.165) is 19.6 Å². The van der Waals surface area contributed by atoms with Crippen LogP contribution < -0.4 is 0 Å². The SMILES string of the molecule is [c]1cccc2c1COCC2. The predicted octanol–water partition coefficient (Wildman–Crippen LogP) is 1.56. The minimum absolute atomic E-state index is 0.746. The third kappa shape index (κ3) is 0.929. The van der Waals surface area contributed by atoms with E-state index in [4.69, 9.17) is 4.74 Å². The van der Waals surface area contributed by atoms with Crippen LogP contribution in [0.4, 0.5) is 0 Å². The summed E-state index contributed by atoms with van der Waals surface area (Å²) in [5, 5.41) is 0. The minimum Gasteiger partial charge on any atom is -0.376 e. The molecular formula is C9H9O. The third-order valence-electron chi connectivity index (χ3n) is 1.80. The van der Waals surface area contributed by atoms with Crippen molar-refractivity contribution >= 4 is 0 Å². The Kier molecular flexibility index (Phi) is 1.44. The molecule has 1 aliphatic heterocycles. The van der Waals surface area contributed by atoms with Crippen molar-refractivity contribution < 1.29 is 4.74 Å². The standard InChI is InChI=1S/C9H9O/c1-2-4-9-7-10-6-5-8(9)3-1/h1-3H,5-7H2. The molecule has 0 fully saturated rings. The van der Waals surface area contributed by atoms with Crippen LogP contribution in [-0.2, 0) is 17.8 Å². The van der Waals surface area contributed by atoms with Crippen molar-refractivity contribution in [3.63, 3.8) is 0 Å². The topological polar surface area (TPSA) is 9.23 Å². The number of rotatable bonds is 0.